The predicted octanol–water partition coefficient (Wildman–Crippen LogP) is -0.622. The van der Waals surface area contributed by atoms with Crippen LogP contribution in [0, 0.1) is 0 Å². The van der Waals surface area contributed by atoms with E-state index in [-0.39, 0.29) is 5.91 Å². The molecular formula is C20H26N4O2+2. The highest BCUT2D eigenvalue weighted by atomic mass is 16.3. The highest BCUT2D eigenvalue weighted by Crippen LogP contribution is 2.00. The monoisotopic (exact) mass is 354 g/mol. The maximum absolute atomic E-state index is 12.0. The SMILES string of the molecule is O=C(C[NH+]1CC[NH+](Cc2ccccc2)CC1)NN=CC=Cc1ccco1. The number of carbonyl (C=O) groups is 1. The number of furan rings is 1. The van der Waals surface area contributed by atoms with Crippen LogP contribution in [0.3, 0.4) is 0 Å². The van der Waals surface area contributed by atoms with Gasteiger partial charge in [-0.05, 0) is 24.3 Å². The number of piperazine rings is 1. The van der Waals surface area contributed by atoms with Gasteiger partial charge < -0.3 is 14.2 Å². The fourth-order valence-corrected chi connectivity index (χ4v) is 3.14. The molecule has 26 heavy (non-hydrogen) atoms. The molecule has 0 unspecified atom stereocenters. The summed E-state index contributed by atoms with van der Waals surface area (Å²) in [6.07, 6.45) is 6.69. The number of rotatable bonds is 7. The quantitative estimate of drug-likeness (QED) is 0.458. The standard InChI is InChI=1S/C20H24N4O2/c25-20(22-21-10-4-8-19-9-5-15-26-19)17-24-13-11-23(12-14-24)16-18-6-2-1-3-7-18/h1-10,15H,11-14,16-17H2,(H,22,25)/p+2. The van der Waals surface area contributed by atoms with Gasteiger partial charge in [0.15, 0.2) is 6.54 Å². The first kappa shape index (κ1) is 18.1. The number of nitrogens with one attached hydrogen (secondary N) is 3. The Morgan fingerprint density at radius 2 is 1.85 bits per heavy atom. The van der Waals surface area contributed by atoms with Gasteiger partial charge in [0.1, 0.15) is 38.5 Å². The van der Waals surface area contributed by atoms with E-state index in [9.17, 15) is 4.79 Å². The minimum Gasteiger partial charge on any atom is -0.465 e. The van der Waals surface area contributed by atoms with Gasteiger partial charge in [-0.15, -0.1) is 0 Å². The van der Waals surface area contributed by atoms with E-state index in [0.29, 0.717) is 6.54 Å². The molecule has 1 amide bonds. The Labute approximate surface area is 153 Å². The maximum atomic E-state index is 12.0. The van der Waals surface area contributed by atoms with Crippen LogP contribution in [-0.2, 0) is 11.3 Å². The van der Waals surface area contributed by atoms with Crippen molar-refractivity contribution in [1.82, 2.24) is 5.43 Å². The van der Waals surface area contributed by atoms with Crippen LogP contribution >= 0.6 is 0 Å². The van der Waals surface area contributed by atoms with Crippen molar-refractivity contribution in [2.75, 3.05) is 32.7 Å². The molecule has 0 spiro atoms. The lowest BCUT2D eigenvalue weighted by Gasteiger charge is -2.29. The first-order valence-electron chi connectivity index (χ1n) is 9.03. The van der Waals surface area contributed by atoms with Crippen LogP contribution in [0.1, 0.15) is 11.3 Å². The highest BCUT2D eigenvalue weighted by Gasteiger charge is 2.24. The summed E-state index contributed by atoms with van der Waals surface area (Å²) in [5, 5.41) is 3.94. The molecule has 0 aliphatic carbocycles. The molecule has 0 radical (unpaired) electrons. The van der Waals surface area contributed by atoms with Gasteiger partial charge in [-0.25, -0.2) is 5.43 Å². The molecule has 2 aromatic rings. The van der Waals surface area contributed by atoms with Crippen molar-refractivity contribution in [3.05, 3.63) is 66.1 Å². The van der Waals surface area contributed by atoms with Crippen LogP contribution in [0.5, 0.6) is 0 Å². The van der Waals surface area contributed by atoms with Crippen molar-refractivity contribution in [3.63, 3.8) is 0 Å². The van der Waals surface area contributed by atoms with E-state index >= 15 is 0 Å². The second kappa shape index (κ2) is 9.70. The van der Waals surface area contributed by atoms with E-state index in [2.05, 4.69) is 40.9 Å². The number of hydrogen-bond donors (Lipinski definition) is 3. The van der Waals surface area contributed by atoms with Crippen molar-refractivity contribution in [3.8, 4) is 0 Å². The van der Waals surface area contributed by atoms with E-state index in [1.807, 2.05) is 12.1 Å². The smallest absolute Gasteiger partial charge is 0.295 e. The number of amides is 1. The zero-order valence-electron chi connectivity index (χ0n) is 14.9. The molecule has 0 atom stereocenters. The number of hydrogen-bond acceptors (Lipinski definition) is 3. The van der Waals surface area contributed by atoms with Crippen LogP contribution < -0.4 is 15.2 Å². The fourth-order valence-electron chi connectivity index (χ4n) is 3.14. The number of nitrogens with zero attached hydrogens (tertiary/aromatic N) is 1. The lowest BCUT2D eigenvalue weighted by Crippen LogP contribution is -3.28. The number of allylic oxidation sites excluding steroid dienone is 1. The summed E-state index contributed by atoms with van der Waals surface area (Å²) >= 11 is 0. The average molecular weight is 354 g/mol. The van der Waals surface area contributed by atoms with Crippen LogP contribution in [0.4, 0.5) is 0 Å². The third kappa shape index (κ3) is 5.98. The molecule has 0 saturated carbocycles. The van der Waals surface area contributed by atoms with Gasteiger partial charge in [-0.2, -0.15) is 5.10 Å². The average Bonchev–Trinajstić information content (AvgIpc) is 3.17. The van der Waals surface area contributed by atoms with Crippen molar-refractivity contribution < 1.29 is 19.0 Å². The van der Waals surface area contributed by atoms with E-state index in [0.717, 1.165) is 38.5 Å². The van der Waals surface area contributed by atoms with Gasteiger partial charge in [0.2, 0.25) is 0 Å². The Bertz CT molecular complexity index is 718. The van der Waals surface area contributed by atoms with Crippen molar-refractivity contribution in [2.24, 2.45) is 5.10 Å². The summed E-state index contributed by atoms with van der Waals surface area (Å²) in [7, 11) is 0. The zero-order valence-corrected chi connectivity index (χ0v) is 14.9. The molecule has 2 heterocycles. The second-order valence-corrected chi connectivity index (χ2v) is 6.53. The van der Waals surface area contributed by atoms with Crippen LogP contribution in [0.25, 0.3) is 6.08 Å². The van der Waals surface area contributed by atoms with Gasteiger partial charge in [-0.3, -0.25) is 4.79 Å². The minimum absolute atomic E-state index is 0.0471. The zero-order chi connectivity index (χ0) is 18.0. The van der Waals surface area contributed by atoms with Crippen molar-refractivity contribution in [1.29, 1.82) is 0 Å². The molecule has 1 aliphatic rings. The van der Waals surface area contributed by atoms with Gasteiger partial charge in [-0.1, -0.05) is 30.3 Å². The van der Waals surface area contributed by atoms with E-state index in [1.165, 1.54) is 10.5 Å². The molecular weight excluding hydrogens is 328 g/mol. The summed E-state index contributed by atoms with van der Waals surface area (Å²) in [6, 6.07) is 14.3. The second-order valence-electron chi connectivity index (χ2n) is 6.53. The first-order valence-corrected chi connectivity index (χ1v) is 9.03. The maximum Gasteiger partial charge on any atom is 0.295 e. The van der Waals surface area contributed by atoms with Crippen LogP contribution in [-0.4, -0.2) is 44.8 Å². The molecule has 1 fully saturated rings. The number of quaternary nitrogens is 2. The lowest BCUT2D eigenvalue weighted by molar-refractivity contribution is -1.02. The predicted molar refractivity (Wildman–Crippen MR) is 101 cm³/mol. The largest absolute Gasteiger partial charge is 0.465 e. The summed E-state index contributed by atoms with van der Waals surface area (Å²) in [5.74, 6) is 0.706. The van der Waals surface area contributed by atoms with Gasteiger partial charge >= 0.3 is 0 Å². The molecule has 0 bridgehead atoms. The Hall–Kier alpha value is -2.70. The number of carbonyl (C=O) groups excluding carboxylic acids is 1. The molecule has 1 aromatic carbocycles. The topological polar surface area (TPSA) is 63.5 Å². The van der Waals surface area contributed by atoms with Gasteiger partial charge in [0, 0.05) is 11.8 Å². The molecule has 1 aromatic heterocycles. The Morgan fingerprint density at radius 3 is 2.58 bits per heavy atom. The molecule has 1 aliphatic heterocycles. The fraction of sp³-hybridized carbons (Fsp3) is 0.300. The summed E-state index contributed by atoms with van der Waals surface area (Å²) in [5.41, 5.74) is 3.96. The third-order valence-corrected chi connectivity index (χ3v) is 4.53. The number of hydrazone groups is 1. The highest BCUT2D eigenvalue weighted by molar-refractivity contribution is 5.81. The summed E-state index contributed by atoms with van der Waals surface area (Å²) < 4.78 is 5.17. The Balaban J connectivity index is 1.33. The normalized spacial score (nSPS) is 20.6. The van der Waals surface area contributed by atoms with Crippen LogP contribution in [0.2, 0.25) is 0 Å². The lowest BCUT2D eigenvalue weighted by atomic mass is 10.2. The van der Waals surface area contributed by atoms with Crippen molar-refractivity contribution in [2.45, 2.75) is 6.54 Å². The van der Waals surface area contributed by atoms with E-state index in [4.69, 9.17) is 4.42 Å². The van der Waals surface area contributed by atoms with Crippen molar-refractivity contribution >= 4 is 18.2 Å². The van der Waals surface area contributed by atoms with Gasteiger partial charge in [0.05, 0.1) is 6.26 Å². The van der Waals surface area contributed by atoms with Crippen LogP contribution in [0.15, 0.2) is 64.3 Å². The Morgan fingerprint density at radius 1 is 1.08 bits per heavy atom. The van der Waals surface area contributed by atoms with E-state index < -0.39 is 0 Å². The summed E-state index contributed by atoms with van der Waals surface area (Å²) in [6.45, 7) is 5.74. The Kier molecular flexibility index (Phi) is 6.75. The molecule has 3 N–H and O–H groups in total. The molecule has 3 rings (SSSR count). The van der Waals surface area contributed by atoms with E-state index in [1.54, 1.807) is 29.5 Å². The van der Waals surface area contributed by atoms with Gasteiger partial charge in [0.25, 0.3) is 5.91 Å². The molecule has 6 nitrogen and oxygen atoms in total. The molecule has 136 valence electrons. The summed E-state index contributed by atoms with van der Waals surface area (Å²) in [4.78, 5) is 14.9. The molecule has 6 heteroatoms. The minimum atomic E-state index is -0.0471. The molecule has 1 saturated heterocycles. The number of benzene rings is 1. The third-order valence-electron chi connectivity index (χ3n) is 4.53. The first-order chi connectivity index (χ1) is 12.8.